The number of benzene rings is 1. The number of halogens is 2. The van der Waals surface area contributed by atoms with Gasteiger partial charge in [-0.1, -0.05) is 31.3 Å². The lowest BCUT2D eigenvalue weighted by atomic mass is 9.89. The zero-order valence-electron chi connectivity index (χ0n) is 15.5. The second-order valence-corrected chi connectivity index (χ2v) is 8.63. The van der Waals surface area contributed by atoms with Crippen LogP contribution in [-0.2, 0) is 0 Å². The molecule has 0 amide bonds. The molecule has 27 heavy (non-hydrogen) atoms. The Hall–Kier alpha value is -2.06. The van der Waals surface area contributed by atoms with Gasteiger partial charge in [0.2, 0.25) is 10.8 Å². The average molecular weight is 392 g/mol. The first-order valence-corrected chi connectivity index (χ1v) is 9.89. The highest BCUT2D eigenvalue weighted by atomic mass is 32.1. The van der Waals surface area contributed by atoms with E-state index in [-0.39, 0.29) is 11.9 Å². The molecule has 5 nitrogen and oxygen atoms in total. The zero-order valence-corrected chi connectivity index (χ0v) is 16.3. The molecular weight excluding hydrogens is 370 g/mol. The first kappa shape index (κ1) is 18.3. The summed E-state index contributed by atoms with van der Waals surface area (Å²) in [6, 6.07) is 3.59. The molecule has 4 rings (SSSR count). The van der Waals surface area contributed by atoms with Crippen LogP contribution in [0.3, 0.4) is 0 Å². The number of rotatable bonds is 3. The van der Waals surface area contributed by atoms with Crippen molar-refractivity contribution >= 4 is 16.3 Å². The van der Waals surface area contributed by atoms with E-state index in [4.69, 9.17) is 0 Å². The Kier molecular flexibility index (Phi) is 4.63. The third kappa shape index (κ3) is 3.32. The molecule has 1 aromatic carbocycles. The monoisotopic (exact) mass is 392 g/mol. The lowest BCUT2D eigenvalue weighted by molar-refractivity contribution is 0.111. The number of aromatic hydroxyl groups is 1. The zero-order chi connectivity index (χ0) is 19.3. The minimum atomic E-state index is -0.884. The van der Waals surface area contributed by atoms with Crippen LogP contribution in [0.4, 0.5) is 8.78 Å². The fourth-order valence-electron chi connectivity index (χ4n) is 4.16. The van der Waals surface area contributed by atoms with Crippen molar-refractivity contribution in [3.8, 4) is 5.88 Å². The topological polar surface area (TPSA) is 53.7 Å². The fraction of sp³-hybridized carbons (Fsp3) is 0.474. The third-order valence-electron chi connectivity index (χ3n) is 5.08. The normalized spacial score (nSPS) is 22.4. The Morgan fingerprint density at radius 3 is 2.52 bits per heavy atom. The molecule has 1 aliphatic rings. The van der Waals surface area contributed by atoms with Crippen molar-refractivity contribution in [3.63, 3.8) is 0 Å². The molecule has 2 aromatic heterocycles. The predicted octanol–water partition coefficient (Wildman–Crippen LogP) is 4.15. The van der Waals surface area contributed by atoms with Crippen LogP contribution >= 0.6 is 11.3 Å². The van der Waals surface area contributed by atoms with E-state index in [1.54, 1.807) is 13.0 Å². The summed E-state index contributed by atoms with van der Waals surface area (Å²) in [7, 11) is 0. The first-order valence-electron chi connectivity index (χ1n) is 9.07. The Morgan fingerprint density at radius 1 is 1.19 bits per heavy atom. The second-order valence-electron chi connectivity index (χ2n) is 7.62. The van der Waals surface area contributed by atoms with Crippen LogP contribution in [0.15, 0.2) is 18.2 Å². The summed E-state index contributed by atoms with van der Waals surface area (Å²) in [6.45, 7) is 7.79. The van der Waals surface area contributed by atoms with E-state index >= 15 is 0 Å². The molecule has 0 spiro atoms. The van der Waals surface area contributed by atoms with Gasteiger partial charge in [-0.15, -0.1) is 5.10 Å². The largest absolute Gasteiger partial charge is 0.492 e. The number of aromatic nitrogens is 3. The van der Waals surface area contributed by atoms with Gasteiger partial charge >= 0.3 is 0 Å². The third-order valence-corrected chi connectivity index (χ3v) is 6.15. The van der Waals surface area contributed by atoms with E-state index in [9.17, 15) is 13.9 Å². The van der Waals surface area contributed by atoms with E-state index in [0.29, 0.717) is 33.1 Å². The molecule has 3 heterocycles. The summed E-state index contributed by atoms with van der Waals surface area (Å²) in [5.41, 5.74) is 0.617. The number of thiazole rings is 1. The molecule has 0 bridgehead atoms. The number of aryl methyl sites for hydroxylation is 1. The molecule has 0 saturated carbocycles. The van der Waals surface area contributed by atoms with Crippen molar-refractivity contribution in [2.45, 2.75) is 33.2 Å². The SMILES string of the molecule is Cc1nc2sc([C@H](c3ccc(F)c(F)c3)N3C[C@H](C)C[C@@H](C)C3)c(O)n2n1. The molecule has 1 fully saturated rings. The Balaban J connectivity index is 1.85. The van der Waals surface area contributed by atoms with Gasteiger partial charge in [0.05, 0.1) is 10.9 Å². The molecule has 144 valence electrons. The molecule has 1 saturated heterocycles. The van der Waals surface area contributed by atoms with Crippen LogP contribution in [0.1, 0.15) is 42.6 Å². The van der Waals surface area contributed by atoms with Gasteiger partial charge in [0.15, 0.2) is 11.6 Å². The molecule has 3 aromatic rings. The van der Waals surface area contributed by atoms with Crippen molar-refractivity contribution < 1.29 is 13.9 Å². The van der Waals surface area contributed by atoms with Crippen molar-refractivity contribution in [1.29, 1.82) is 0 Å². The van der Waals surface area contributed by atoms with Gasteiger partial charge in [-0.2, -0.15) is 4.52 Å². The van der Waals surface area contributed by atoms with Crippen LogP contribution in [0.5, 0.6) is 5.88 Å². The number of hydrogen-bond acceptors (Lipinski definition) is 5. The van der Waals surface area contributed by atoms with Gasteiger partial charge in [-0.3, -0.25) is 4.90 Å². The minimum absolute atomic E-state index is 0.0104. The highest BCUT2D eigenvalue weighted by Gasteiger charge is 2.34. The number of piperidine rings is 1. The first-order chi connectivity index (χ1) is 12.8. The summed E-state index contributed by atoms with van der Waals surface area (Å²) in [6.07, 6.45) is 1.13. The summed E-state index contributed by atoms with van der Waals surface area (Å²) in [4.78, 5) is 7.81. The van der Waals surface area contributed by atoms with E-state index in [1.165, 1.54) is 21.9 Å². The minimum Gasteiger partial charge on any atom is -0.492 e. The van der Waals surface area contributed by atoms with E-state index in [2.05, 4.69) is 28.8 Å². The van der Waals surface area contributed by atoms with Crippen LogP contribution in [-0.4, -0.2) is 37.7 Å². The Labute approximate surface area is 160 Å². The quantitative estimate of drug-likeness (QED) is 0.728. The lowest BCUT2D eigenvalue weighted by Crippen LogP contribution is -2.41. The fourth-order valence-corrected chi connectivity index (χ4v) is 5.32. The Bertz CT molecular complexity index is 976. The van der Waals surface area contributed by atoms with Crippen molar-refractivity contribution in [2.24, 2.45) is 11.8 Å². The van der Waals surface area contributed by atoms with Crippen molar-refractivity contribution in [3.05, 3.63) is 46.1 Å². The number of likely N-dealkylation sites (tertiary alicyclic amines) is 1. The summed E-state index contributed by atoms with van der Waals surface area (Å²) in [5.74, 6) is -0.212. The molecule has 3 atom stereocenters. The van der Waals surface area contributed by atoms with Gasteiger partial charge in [0, 0.05) is 13.1 Å². The molecule has 1 N–H and O–H groups in total. The number of nitrogens with zero attached hydrogens (tertiary/aromatic N) is 4. The molecule has 0 radical (unpaired) electrons. The molecule has 1 aliphatic heterocycles. The number of fused-ring (bicyclic) bond motifs is 1. The molecule has 0 unspecified atom stereocenters. The molecule has 8 heteroatoms. The van der Waals surface area contributed by atoms with Crippen LogP contribution in [0.2, 0.25) is 0 Å². The highest BCUT2D eigenvalue weighted by Crippen LogP contribution is 2.42. The molecule has 0 aliphatic carbocycles. The highest BCUT2D eigenvalue weighted by molar-refractivity contribution is 7.17. The van der Waals surface area contributed by atoms with E-state index in [1.807, 2.05) is 0 Å². The average Bonchev–Trinajstić information content (AvgIpc) is 3.08. The summed E-state index contributed by atoms with van der Waals surface area (Å²) >= 11 is 1.34. The van der Waals surface area contributed by atoms with Gasteiger partial charge in [-0.05, 0) is 42.9 Å². The van der Waals surface area contributed by atoms with Crippen molar-refractivity contribution in [1.82, 2.24) is 19.5 Å². The maximum Gasteiger partial charge on any atom is 0.230 e. The Morgan fingerprint density at radius 2 is 1.89 bits per heavy atom. The summed E-state index contributed by atoms with van der Waals surface area (Å²) in [5, 5.41) is 15.0. The van der Waals surface area contributed by atoms with Gasteiger partial charge in [-0.25, -0.2) is 13.8 Å². The van der Waals surface area contributed by atoms with Gasteiger partial charge in [0.25, 0.3) is 0 Å². The van der Waals surface area contributed by atoms with E-state index < -0.39 is 11.6 Å². The van der Waals surface area contributed by atoms with Gasteiger partial charge < -0.3 is 5.11 Å². The van der Waals surface area contributed by atoms with Crippen LogP contribution in [0, 0.1) is 30.4 Å². The summed E-state index contributed by atoms with van der Waals surface area (Å²) < 4.78 is 28.9. The smallest absolute Gasteiger partial charge is 0.230 e. The predicted molar refractivity (Wildman–Crippen MR) is 100.0 cm³/mol. The lowest BCUT2D eigenvalue weighted by Gasteiger charge is -2.40. The van der Waals surface area contributed by atoms with Crippen LogP contribution in [0.25, 0.3) is 4.96 Å². The maximum absolute atomic E-state index is 14.0. The van der Waals surface area contributed by atoms with Crippen LogP contribution < -0.4 is 0 Å². The van der Waals surface area contributed by atoms with E-state index in [0.717, 1.165) is 25.6 Å². The molecular formula is C19H22F2N4OS. The number of hydrogen-bond donors (Lipinski definition) is 1. The van der Waals surface area contributed by atoms with Gasteiger partial charge in [0.1, 0.15) is 5.82 Å². The maximum atomic E-state index is 14.0. The standard InChI is InChI=1S/C19H22F2N4OS/c1-10-6-11(2)9-24(8-10)16(13-4-5-14(20)15(21)7-13)17-18(26)25-19(27-17)22-12(3)23-25/h4-5,7,10-11,16,26H,6,8-9H2,1-3H3/t10-,11-,16+/m1/s1. The second kappa shape index (κ2) is 6.83. The van der Waals surface area contributed by atoms with Crippen molar-refractivity contribution in [2.75, 3.05) is 13.1 Å².